The van der Waals surface area contributed by atoms with Gasteiger partial charge in [0.2, 0.25) is 0 Å². The van der Waals surface area contributed by atoms with E-state index in [0.29, 0.717) is 5.92 Å². The molecule has 0 saturated heterocycles. The lowest BCUT2D eigenvalue weighted by Gasteiger charge is -2.18. The maximum atomic E-state index is 5.90. The number of rotatable bonds is 4. The molecule has 0 unspecified atom stereocenters. The fourth-order valence-corrected chi connectivity index (χ4v) is 2.28. The smallest absolute Gasteiger partial charge is 0.274 e. The summed E-state index contributed by atoms with van der Waals surface area (Å²) in [5.74, 6) is 1.50. The average Bonchev–Trinajstić information content (AvgIpc) is 2.15. The second-order valence-electron chi connectivity index (χ2n) is 4.13. The Balaban J connectivity index is 3.19. The van der Waals surface area contributed by atoms with Crippen molar-refractivity contribution in [1.82, 2.24) is 0 Å². The molecule has 0 bridgehead atoms. The number of hydrogen-bond donors (Lipinski definition) is 0. The van der Waals surface area contributed by atoms with Gasteiger partial charge in [-0.15, -0.1) is 0 Å². The van der Waals surface area contributed by atoms with Crippen LogP contribution in [0.1, 0.15) is 30.9 Å². The molecule has 0 heterocycles. The average molecular weight is 219 g/mol. The van der Waals surface area contributed by atoms with E-state index in [1.54, 1.807) is 0 Å². The predicted molar refractivity (Wildman–Crippen MR) is 68.7 cm³/mol. The highest BCUT2D eigenvalue weighted by Gasteiger charge is 2.12. The monoisotopic (exact) mass is 219 g/mol. The lowest BCUT2D eigenvalue weighted by Crippen LogP contribution is -2.13. The van der Waals surface area contributed by atoms with Gasteiger partial charge in [0.15, 0.2) is 0 Å². The molecule has 0 atom stereocenters. The van der Waals surface area contributed by atoms with Gasteiger partial charge < -0.3 is 4.43 Å². The molecule has 0 aromatic heterocycles. The lowest BCUT2D eigenvalue weighted by molar-refractivity contribution is 0.565. The van der Waals surface area contributed by atoms with Crippen LogP contribution in [0.2, 0.25) is 13.1 Å². The summed E-state index contributed by atoms with van der Waals surface area (Å²) in [6.45, 7) is 12.5. The van der Waals surface area contributed by atoms with Gasteiger partial charge in [-0.25, -0.2) is 0 Å². The maximum absolute atomic E-state index is 5.90. The minimum absolute atomic E-state index is 0.468. The minimum atomic E-state index is -0.701. The molecule has 2 heteroatoms. The molecule has 0 amide bonds. The summed E-state index contributed by atoms with van der Waals surface area (Å²) in [5, 5.41) is 0. The van der Waals surface area contributed by atoms with Crippen molar-refractivity contribution in [3.63, 3.8) is 0 Å². The Labute approximate surface area is 94.5 Å². The molecule has 0 saturated carbocycles. The third kappa shape index (κ3) is 2.96. The second kappa shape index (κ2) is 5.17. The molecule has 0 aliphatic heterocycles. The van der Waals surface area contributed by atoms with Gasteiger partial charge in [0.1, 0.15) is 5.75 Å². The molecule has 0 spiro atoms. The normalized spacial score (nSPS) is 10.8. The molecule has 1 radical (unpaired) electrons. The van der Waals surface area contributed by atoms with Gasteiger partial charge in [-0.2, -0.15) is 0 Å². The Morgan fingerprint density at radius 2 is 2.00 bits per heavy atom. The summed E-state index contributed by atoms with van der Waals surface area (Å²) in [6, 6.07) is 6.18. The van der Waals surface area contributed by atoms with Gasteiger partial charge >= 0.3 is 0 Å². The van der Waals surface area contributed by atoms with Crippen LogP contribution in [0.3, 0.4) is 0 Å². The van der Waals surface area contributed by atoms with E-state index >= 15 is 0 Å². The second-order valence-corrected chi connectivity index (χ2v) is 6.15. The molecule has 1 aromatic rings. The Hall–Kier alpha value is -1.02. The van der Waals surface area contributed by atoms with Crippen LogP contribution in [0.25, 0.3) is 6.08 Å². The SMILES string of the molecule is C=Cc1cccc(O[Si](C)C)c1C(C)C. The van der Waals surface area contributed by atoms with Gasteiger partial charge in [-0.3, -0.25) is 0 Å². The summed E-state index contributed by atoms with van der Waals surface area (Å²) in [4.78, 5) is 0. The highest BCUT2D eigenvalue weighted by molar-refractivity contribution is 6.49. The highest BCUT2D eigenvalue weighted by atomic mass is 28.3. The van der Waals surface area contributed by atoms with Gasteiger partial charge in [0.25, 0.3) is 9.04 Å². The van der Waals surface area contributed by atoms with Crippen molar-refractivity contribution in [2.45, 2.75) is 32.9 Å². The van der Waals surface area contributed by atoms with Crippen molar-refractivity contribution >= 4 is 15.1 Å². The van der Waals surface area contributed by atoms with Crippen molar-refractivity contribution in [3.8, 4) is 5.75 Å². The Morgan fingerprint density at radius 1 is 1.33 bits per heavy atom. The Bertz CT molecular complexity index is 342. The van der Waals surface area contributed by atoms with Crippen LogP contribution >= 0.6 is 0 Å². The zero-order chi connectivity index (χ0) is 11.4. The van der Waals surface area contributed by atoms with Crippen LogP contribution < -0.4 is 4.43 Å². The minimum Gasteiger partial charge on any atom is -0.542 e. The van der Waals surface area contributed by atoms with E-state index in [1.165, 1.54) is 11.1 Å². The standard InChI is InChI=1S/C13H19OSi/c1-6-11-8-7-9-12(14-15(4)5)13(11)10(2)3/h6-10H,1H2,2-5H3. The lowest BCUT2D eigenvalue weighted by atomic mass is 9.96. The molecule has 1 rings (SSSR count). The zero-order valence-electron chi connectivity index (χ0n) is 10.0. The molecule has 81 valence electrons. The van der Waals surface area contributed by atoms with E-state index in [9.17, 15) is 0 Å². The van der Waals surface area contributed by atoms with Crippen LogP contribution in [0.4, 0.5) is 0 Å². The van der Waals surface area contributed by atoms with Crippen molar-refractivity contribution in [2.24, 2.45) is 0 Å². The molecular formula is C13H19OSi. The van der Waals surface area contributed by atoms with Crippen LogP contribution in [0.15, 0.2) is 24.8 Å². The first kappa shape index (κ1) is 12.0. The third-order valence-corrected chi connectivity index (χ3v) is 2.84. The summed E-state index contributed by atoms with van der Waals surface area (Å²) in [7, 11) is -0.701. The van der Waals surface area contributed by atoms with Gasteiger partial charge in [-0.05, 0) is 30.6 Å². The largest absolute Gasteiger partial charge is 0.542 e. The molecule has 0 aliphatic rings. The quantitative estimate of drug-likeness (QED) is 0.693. The third-order valence-electron chi connectivity index (χ3n) is 2.21. The van der Waals surface area contributed by atoms with Gasteiger partial charge in [0, 0.05) is 5.56 Å². The molecule has 1 nitrogen and oxygen atoms in total. The fourth-order valence-electron chi connectivity index (χ4n) is 1.67. The molecule has 0 N–H and O–H groups in total. The van der Waals surface area contributed by atoms with Crippen LogP contribution in [-0.4, -0.2) is 9.04 Å². The zero-order valence-corrected chi connectivity index (χ0v) is 11.0. The first-order chi connectivity index (χ1) is 7.06. The summed E-state index contributed by atoms with van der Waals surface area (Å²) >= 11 is 0. The van der Waals surface area contributed by atoms with Crippen LogP contribution in [-0.2, 0) is 0 Å². The van der Waals surface area contributed by atoms with E-state index in [0.717, 1.165) is 5.75 Å². The van der Waals surface area contributed by atoms with E-state index < -0.39 is 9.04 Å². The number of hydrogen-bond acceptors (Lipinski definition) is 1. The molecular weight excluding hydrogens is 200 g/mol. The summed E-state index contributed by atoms with van der Waals surface area (Å²) in [5.41, 5.74) is 2.46. The first-order valence-electron chi connectivity index (χ1n) is 5.29. The van der Waals surface area contributed by atoms with E-state index in [4.69, 9.17) is 4.43 Å². The predicted octanol–water partition coefficient (Wildman–Crippen LogP) is 4.08. The van der Waals surface area contributed by atoms with Crippen molar-refractivity contribution in [3.05, 3.63) is 35.9 Å². The Morgan fingerprint density at radius 3 is 2.47 bits per heavy atom. The Kier molecular flexibility index (Phi) is 4.15. The van der Waals surface area contributed by atoms with Gasteiger partial charge in [0.05, 0.1) is 0 Å². The van der Waals surface area contributed by atoms with Crippen LogP contribution in [0.5, 0.6) is 5.75 Å². The molecule has 1 aromatic carbocycles. The van der Waals surface area contributed by atoms with Crippen molar-refractivity contribution in [1.29, 1.82) is 0 Å². The van der Waals surface area contributed by atoms with E-state index in [1.807, 2.05) is 12.1 Å². The maximum Gasteiger partial charge on any atom is 0.274 e. The van der Waals surface area contributed by atoms with Crippen LogP contribution in [0, 0.1) is 0 Å². The molecule has 0 aliphatic carbocycles. The topological polar surface area (TPSA) is 9.23 Å². The molecule has 0 fully saturated rings. The summed E-state index contributed by atoms with van der Waals surface area (Å²) < 4.78 is 5.90. The van der Waals surface area contributed by atoms with Gasteiger partial charge in [-0.1, -0.05) is 38.6 Å². The highest BCUT2D eigenvalue weighted by Crippen LogP contribution is 2.30. The van der Waals surface area contributed by atoms with Crippen molar-refractivity contribution < 1.29 is 4.43 Å². The summed E-state index contributed by atoms with van der Waals surface area (Å²) in [6.07, 6.45) is 1.90. The van der Waals surface area contributed by atoms with E-state index in [2.05, 4.69) is 45.7 Å². The first-order valence-corrected chi connectivity index (χ1v) is 7.70. The fraction of sp³-hybridized carbons (Fsp3) is 0.385. The number of benzene rings is 1. The van der Waals surface area contributed by atoms with Crippen molar-refractivity contribution in [2.75, 3.05) is 0 Å². The van der Waals surface area contributed by atoms with E-state index in [-0.39, 0.29) is 0 Å². The molecule has 15 heavy (non-hydrogen) atoms.